The van der Waals surface area contributed by atoms with Crippen LogP contribution in [0.15, 0.2) is 23.9 Å². The molecule has 0 heterocycles. The molecule has 0 radical (unpaired) electrons. The molecule has 2 heteroatoms. The lowest BCUT2D eigenvalue weighted by Crippen LogP contribution is -2.20. The molecule has 0 N–H and O–H groups in total. The molecule has 0 spiro atoms. The zero-order chi connectivity index (χ0) is 15.1. The quantitative estimate of drug-likeness (QED) is 0.270. The van der Waals surface area contributed by atoms with Crippen LogP contribution in [-0.4, -0.2) is 18.0 Å². The maximum atomic E-state index is 8.74. The smallest absolute Gasteiger partial charge is 0.0944 e. The van der Waals surface area contributed by atoms with E-state index in [0.29, 0.717) is 0 Å². The van der Waals surface area contributed by atoms with Crippen LogP contribution in [0.4, 0.5) is 0 Å². The van der Waals surface area contributed by atoms with Gasteiger partial charge in [-0.15, -0.1) is 0 Å². The molecule has 0 rings (SSSR count). The van der Waals surface area contributed by atoms with Crippen molar-refractivity contribution in [1.29, 1.82) is 5.26 Å². The van der Waals surface area contributed by atoms with E-state index in [9.17, 15) is 0 Å². The van der Waals surface area contributed by atoms with Gasteiger partial charge < -0.3 is 4.90 Å². The molecule has 0 aromatic heterocycles. The topological polar surface area (TPSA) is 27.0 Å². The van der Waals surface area contributed by atoms with Crippen LogP contribution in [0.3, 0.4) is 0 Å². The Kier molecular flexibility index (Phi) is 13.3. The van der Waals surface area contributed by atoms with Gasteiger partial charge in [0.1, 0.15) is 0 Å². The summed E-state index contributed by atoms with van der Waals surface area (Å²) in [5, 5.41) is 8.74. The average molecular weight is 276 g/mol. The van der Waals surface area contributed by atoms with Gasteiger partial charge in [0.2, 0.25) is 0 Å². The highest BCUT2D eigenvalue weighted by atomic mass is 15.1. The van der Waals surface area contributed by atoms with Gasteiger partial charge in [0.25, 0.3) is 0 Å². The fourth-order valence-electron chi connectivity index (χ4n) is 2.09. The van der Waals surface area contributed by atoms with Crippen molar-refractivity contribution in [2.24, 2.45) is 0 Å². The van der Waals surface area contributed by atoms with Crippen LogP contribution in [0, 0.1) is 11.3 Å². The predicted molar refractivity (Wildman–Crippen MR) is 88.4 cm³/mol. The first-order valence-corrected chi connectivity index (χ1v) is 8.23. The highest BCUT2D eigenvalue weighted by Gasteiger charge is 1.99. The number of nitriles is 1. The van der Waals surface area contributed by atoms with E-state index in [1.165, 1.54) is 51.4 Å². The average Bonchev–Trinajstić information content (AvgIpc) is 2.47. The van der Waals surface area contributed by atoms with Crippen molar-refractivity contribution >= 4 is 0 Å². The normalized spacial score (nSPS) is 11.8. The second-order valence-corrected chi connectivity index (χ2v) is 5.46. The van der Waals surface area contributed by atoms with E-state index in [2.05, 4.69) is 31.0 Å². The first-order valence-electron chi connectivity index (χ1n) is 8.23. The summed E-state index contributed by atoms with van der Waals surface area (Å²) in [6, 6.07) is 2.15. The van der Waals surface area contributed by atoms with Crippen molar-refractivity contribution in [2.75, 3.05) is 13.1 Å². The Morgan fingerprint density at radius 3 is 1.95 bits per heavy atom. The number of allylic oxidation sites excluding steroid dienone is 3. The van der Waals surface area contributed by atoms with Gasteiger partial charge in [0.05, 0.1) is 6.07 Å². The lowest BCUT2D eigenvalue weighted by atomic mass is 10.2. The molecule has 0 saturated carbocycles. The van der Waals surface area contributed by atoms with E-state index in [-0.39, 0.29) is 0 Å². The Morgan fingerprint density at radius 2 is 1.50 bits per heavy atom. The number of unbranched alkanes of at least 4 members (excludes halogenated alkanes) is 6. The van der Waals surface area contributed by atoms with Crippen LogP contribution in [0.2, 0.25) is 0 Å². The zero-order valence-corrected chi connectivity index (χ0v) is 13.7. The summed E-state index contributed by atoms with van der Waals surface area (Å²) in [6.45, 7) is 8.62. The minimum Gasteiger partial charge on any atom is -0.377 e. The van der Waals surface area contributed by atoms with Crippen molar-refractivity contribution in [3.05, 3.63) is 23.9 Å². The van der Waals surface area contributed by atoms with Gasteiger partial charge in [0, 0.05) is 18.7 Å². The summed E-state index contributed by atoms with van der Waals surface area (Å²) in [4.78, 5) is 2.41. The van der Waals surface area contributed by atoms with Crippen molar-refractivity contribution < 1.29 is 0 Å². The van der Waals surface area contributed by atoms with Crippen LogP contribution in [0.5, 0.6) is 0 Å². The van der Waals surface area contributed by atoms with Gasteiger partial charge in [-0.2, -0.15) is 5.26 Å². The monoisotopic (exact) mass is 276 g/mol. The third kappa shape index (κ3) is 11.8. The molecule has 0 bridgehead atoms. The van der Waals surface area contributed by atoms with Gasteiger partial charge in [-0.1, -0.05) is 52.4 Å². The molecule has 0 aromatic rings. The summed E-state index contributed by atoms with van der Waals surface area (Å²) in [7, 11) is 0. The van der Waals surface area contributed by atoms with Crippen molar-refractivity contribution in [3.63, 3.8) is 0 Å². The Hall–Kier alpha value is -1.23. The summed E-state index contributed by atoms with van der Waals surface area (Å²) in [5.41, 5.74) is 0.762. The number of rotatable bonds is 12. The first-order chi connectivity index (χ1) is 9.74. The molecule has 0 amide bonds. The highest BCUT2D eigenvalue weighted by molar-refractivity contribution is 5.22. The summed E-state index contributed by atoms with van der Waals surface area (Å²) in [5.74, 6) is 0. The molecule has 20 heavy (non-hydrogen) atoms. The van der Waals surface area contributed by atoms with Crippen molar-refractivity contribution in [1.82, 2.24) is 4.90 Å². The molecular weight excluding hydrogens is 244 g/mol. The molecule has 0 saturated heterocycles. The lowest BCUT2D eigenvalue weighted by molar-refractivity contribution is 0.351. The van der Waals surface area contributed by atoms with E-state index in [4.69, 9.17) is 5.26 Å². The van der Waals surface area contributed by atoms with Gasteiger partial charge >= 0.3 is 0 Å². The Bertz CT molecular complexity index is 298. The Morgan fingerprint density at radius 1 is 0.950 bits per heavy atom. The van der Waals surface area contributed by atoms with E-state index in [1.54, 1.807) is 0 Å². The van der Waals surface area contributed by atoms with E-state index in [0.717, 1.165) is 18.7 Å². The number of nitrogens with zero attached hydrogens (tertiary/aromatic N) is 2. The van der Waals surface area contributed by atoms with Crippen LogP contribution < -0.4 is 0 Å². The second-order valence-electron chi connectivity index (χ2n) is 5.46. The molecule has 0 aliphatic heterocycles. The maximum absolute atomic E-state index is 8.74. The van der Waals surface area contributed by atoms with E-state index >= 15 is 0 Å². The lowest BCUT2D eigenvalue weighted by Gasteiger charge is -2.20. The maximum Gasteiger partial charge on any atom is 0.0944 e. The summed E-state index contributed by atoms with van der Waals surface area (Å²) >= 11 is 0. The molecule has 0 unspecified atom stereocenters. The van der Waals surface area contributed by atoms with Crippen molar-refractivity contribution in [3.8, 4) is 6.07 Å². The minimum absolute atomic E-state index is 0.762. The van der Waals surface area contributed by atoms with Gasteiger partial charge in [-0.3, -0.25) is 0 Å². The van der Waals surface area contributed by atoms with Crippen LogP contribution in [0.25, 0.3) is 0 Å². The third-order valence-electron chi connectivity index (χ3n) is 3.42. The van der Waals surface area contributed by atoms with Crippen LogP contribution in [0.1, 0.15) is 72.1 Å². The minimum atomic E-state index is 0.762. The predicted octanol–water partition coefficient (Wildman–Crippen LogP) is 5.43. The first kappa shape index (κ1) is 18.8. The fraction of sp³-hybridized carbons (Fsp3) is 0.722. The van der Waals surface area contributed by atoms with Crippen LogP contribution in [-0.2, 0) is 0 Å². The fourth-order valence-corrected chi connectivity index (χ4v) is 2.09. The molecule has 114 valence electrons. The Labute approximate surface area is 126 Å². The van der Waals surface area contributed by atoms with E-state index < -0.39 is 0 Å². The standard InChI is InChI=1S/C18H32N2/c1-4-6-8-10-14-20(15-11-9-7-5-2)16-12-13-18(3)17-19/h12-13,16H,4-11,14-15H2,1-3H3/b16-12+,18-13-. The van der Waals surface area contributed by atoms with Crippen LogP contribution >= 0.6 is 0 Å². The molecule has 0 aliphatic carbocycles. The van der Waals surface area contributed by atoms with Crippen molar-refractivity contribution in [2.45, 2.75) is 72.1 Å². The number of hydrogen-bond acceptors (Lipinski definition) is 2. The third-order valence-corrected chi connectivity index (χ3v) is 3.42. The van der Waals surface area contributed by atoms with Gasteiger partial charge in [-0.25, -0.2) is 0 Å². The molecule has 0 fully saturated rings. The zero-order valence-electron chi connectivity index (χ0n) is 13.7. The largest absolute Gasteiger partial charge is 0.377 e. The molecule has 0 atom stereocenters. The highest BCUT2D eigenvalue weighted by Crippen LogP contribution is 2.06. The molecular formula is C18H32N2. The second kappa shape index (κ2) is 14.2. The summed E-state index contributed by atoms with van der Waals surface area (Å²) < 4.78 is 0. The van der Waals surface area contributed by atoms with E-state index in [1.807, 2.05) is 19.1 Å². The SMILES string of the molecule is CCCCCCN(/C=C/C=C(/C)C#N)CCCCCC. The molecule has 0 aliphatic rings. The van der Waals surface area contributed by atoms with Gasteiger partial charge in [0.15, 0.2) is 0 Å². The van der Waals surface area contributed by atoms with Gasteiger partial charge in [-0.05, 0) is 38.1 Å². The summed E-state index contributed by atoms with van der Waals surface area (Å²) in [6.07, 6.45) is 16.5. The molecule has 2 nitrogen and oxygen atoms in total. The number of hydrogen-bond donors (Lipinski definition) is 0. The Balaban J connectivity index is 4.13. The molecule has 0 aromatic carbocycles.